The van der Waals surface area contributed by atoms with Crippen LogP contribution in [0.15, 0.2) is 12.1 Å². The molecule has 0 bridgehead atoms. The Hall–Kier alpha value is -0.840. The van der Waals surface area contributed by atoms with Gasteiger partial charge in [0.05, 0.1) is 15.2 Å². The van der Waals surface area contributed by atoms with Crippen molar-refractivity contribution in [3.8, 4) is 0 Å². The Morgan fingerprint density at radius 1 is 1.53 bits per heavy atom. The number of anilines is 1. The summed E-state index contributed by atoms with van der Waals surface area (Å²) in [6.45, 7) is 4.17. The molecule has 1 unspecified atom stereocenters. The summed E-state index contributed by atoms with van der Waals surface area (Å²) in [7, 11) is 0. The predicted molar refractivity (Wildman–Crippen MR) is 74.3 cm³/mol. The quantitative estimate of drug-likeness (QED) is 0.878. The number of nitrogens with one attached hydrogen (secondary N) is 2. The number of halogens is 1. The molecule has 1 atom stereocenters. The number of hydrogen-bond acceptors (Lipinski definition) is 4. The molecule has 5 heteroatoms. The third kappa shape index (κ3) is 2.12. The zero-order chi connectivity index (χ0) is 11.8. The number of hydrogen-bond donors (Lipinski definition) is 2. The van der Waals surface area contributed by atoms with Crippen molar-refractivity contribution < 1.29 is 0 Å². The number of aryl methyl sites for hydroxylation is 1. The highest BCUT2D eigenvalue weighted by Gasteiger charge is 2.16. The number of nitrogens with zero attached hydrogens (tertiary/aromatic N) is 1. The van der Waals surface area contributed by atoms with Gasteiger partial charge in [-0.15, -0.1) is 0 Å². The summed E-state index contributed by atoms with van der Waals surface area (Å²) >= 11 is 7.83. The summed E-state index contributed by atoms with van der Waals surface area (Å²) in [5.74, 6) is 0. The average Bonchev–Trinajstić information content (AvgIpc) is 2.94. The maximum Gasteiger partial charge on any atom is 0.184 e. The van der Waals surface area contributed by atoms with E-state index in [2.05, 4.69) is 22.5 Å². The molecule has 1 fully saturated rings. The van der Waals surface area contributed by atoms with Crippen molar-refractivity contribution in [2.24, 2.45) is 0 Å². The van der Waals surface area contributed by atoms with Gasteiger partial charge in [-0.1, -0.05) is 29.0 Å². The summed E-state index contributed by atoms with van der Waals surface area (Å²) in [6.07, 6.45) is 1.16. The van der Waals surface area contributed by atoms with Gasteiger partial charge in [-0.05, 0) is 31.5 Å². The maximum atomic E-state index is 6.19. The van der Waals surface area contributed by atoms with E-state index in [0.29, 0.717) is 6.04 Å². The highest BCUT2D eigenvalue weighted by atomic mass is 35.5. The number of aromatic nitrogens is 1. The van der Waals surface area contributed by atoms with Crippen LogP contribution in [0.2, 0.25) is 5.02 Å². The summed E-state index contributed by atoms with van der Waals surface area (Å²) in [4.78, 5) is 4.63. The standard InChI is InChI=1S/C12H14ClN3S/c1-7-2-3-9(13)11-10(7)16-12(17-11)15-8-4-5-14-6-8/h2-3,8,14H,4-6H2,1H3,(H,15,16). The molecule has 90 valence electrons. The van der Waals surface area contributed by atoms with Crippen molar-refractivity contribution in [3.05, 3.63) is 22.7 Å². The Balaban J connectivity index is 1.95. The van der Waals surface area contributed by atoms with Crippen LogP contribution < -0.4 is 10.6 Å². The Morgan fingerprint density at radius 2 is 2.41 bits per heavy atom. The first-order chi connectivity index (χ1) is 8.24. The van der Waals surface area contributed by atoms with Crippen LogP contribution in [0.3, 0.4) is 0 Å². The van der Waals surface area contributed by atoms with E-state index in [4.69, 9.17) is 11.6 Å². The van der Waals surface area contributed by atoms with Crippen molar-refractivity contribution in [1.82, 2.24) is 10.3 Å². The molecule has 0 radical (unpaired) electrons. The highest BCUT2D eigenvalue weighted by Crippen LogP contribution is 2.34. The summed E-state index contributed by atoms with van der Waals surface area (Å²) < 4.78 is 1.08. The Labute approximate surface area is 109 Å². The number of benzene rings is 1. The van der Waals surface area contributed by atoms with Gasteiger partial charge in [0.25, 0.3) is 0 Å². The van der Waals surface area contributed by atoms with E-state index in [1.165, 1.54) is 5.56 Å². The van der Waals surface area contributed by atoms with Gasteiger partial charge in [-0.3, -0.25) is 0 Å². The van der Waals surface area contributed by atoms with Crippen LogP contribution in [0.25, 0.3) is 10.2 Å². The Bertz CT molecular complexity index is 507. The minimum absolute atomic E-state index is 0.495. The lowest BCUT2D eigenvalue weighted by Gasteiger charge is -2.08. The van der Waals surface area contributed by atoms with Crippen LogP contribution in [0.1, 0.15) is 12.0 Å². The minimum Gasteiger partial charge on any atom is -0.357 e. The molecule has 2 N–H and O–H groups in total. The molecule has 0 amide bonds. The van der Waals surface area contributed by atoms with E-state index in [1.54, 1.807) is 11.3 Å². The summed E-state index contributed by atoms with van der Waals surface area (Å²) in [5, 5.41) is 8.58. The normalized spacial score (nSPS) is 20.0. The average molecular weight is 268 g/mol. The van der Waals surface area contributed by atoms with Gasteiger partial charge < -0.3 is 10.6 Å². The number of rotatable bonds is 2. The smallest absolute Gasteiger partial charge is 0.184 e. The first kappa shape index (κ1) is 11.3. The zero-order valence-electron chi connectivity index (χ0n) is 9.59. The minimum atomic E-state index is 0.495. The highest BCUT2D eigenvalue weighted by molar-refractivity contribution is 7.22. The molecule has 1 aliphatic heterocycles. The largest absolute Gasteiger partial charge is 0.357 e. The van der Waals surface area contributed by atoms with Crippen LogP contribution >= 0.6 is 22.9 Å². The molecule has 0 spiro atoms. The van der Waals surface area contributed by atoms with Crippen molar-refractivity contribution >= 4 is 38.3 Å². The number of fused-ring (bicyclic) bond motifs is 1. The van der Waals surface area contributed by atoms with Gasteiger partial charge in [0, 0.05) is 12.6 Å². The molecule has 0 aliphatic carbocycles. The fourth-order valence-electron chi connectivity index (χ4n) is 2.12. The molecule has 2 heterocycles. The molecule has 1 saturated heterocycles. The summed E-state index contributed by atoms with van der Waals surface area (Å²) in [6, 6.07) is 4.46. The van der Waals surface area contributed by atoms with Crippen molar-refractivity contribution in [2.45, 2.75) is 19.4 Å². The second-order valence-corrected chi connectivity index (χ2v) is 5.80. The first-order valence-electron chi connectivity index (χ1n) is 5.77. The monoisotopic (exact) mass is 267 g/mol. The third-order valence-electron chi connectivity index (χ3n) is 3.09. The number of thiazole rings is 1. The van der Waals surface area contributed by atoms with Gasteiger partial charge in [0.2, 0.25) is 0 Å². The molecule has 17 heavy (non-hydrogen) atoms. The van der Waals surface area contributed by atoms with Crippen LogP contribution in [-0.4, -0.2) is 24.1 Å². The van der Waals surface area contributed by atoms with Crippen LogP contribution in [0, 0.1) is 6.92 Å². The lowest BCUT2D eigenvalue weighted by molar-refractivity contribution is 0.792. The summed E-state index contributed by atoms with van der Waals surface area (Å²) in [5.41, 5.74) is 2.20. The second kappa shape index (κ2) is 4.44. The fourth-order valence-corrected chi connectivity index (χ4v) is 3.41. The van der Waals surface area contributed by atoms with Gasteiger partial charge in [0.15, 0.2) is 5.13 Å². The van der Waals surface area contributed by atoms with Crippen molar-refractivity contribution in [3.63, 3.8) is 0 Å². The van der Waals surface area contributed by atoms with E-state index in [-0.39, 0.29) is 0 Å². The molecular weight excluding hydrogens is 254 g/mol. The maximum absolute atomic E-state index is 6.19. The van der Waals surface area contributed by atoms with Crippen molar-refractivity contribution in [2.75, 3.05) is 18.4 Å². The lowest BCUT2D eigenvalue weighted by Crippen LogP contribution is -2.21. The molecule has 3 nitrogen and oxygen atoms in total. The van der Waals surface area contributed by atoms with E-state index >= 15 is 0 Å². The second-order valence-electron chi connectivity index (χ2n) is 4.40. The Kier molecular flexibility index (Phi) is 2.94. The van der Waals surface area contributed by atoms with E-state index in [9.17, 15) is 0 Å². The van der Waals surface area contributed by atoms with Gasteiger partial charge in [-0.25, -0.2) is 4.98 Å². The SMILES string of the molecule is Cc1ccc(Cl)c2sc(NC3CCNC3)nc12. The van der Waals surface area contributed by atoms with E-state index in [0.717, 1.165) is 39.9 Å². The van der Waals surface area contributed by atoms with Crippen molar-refractivity contribution in [1.29, 1.82) is 0 Å². The van der Waals surface area contributed by atoms with Crippen LogP contribution in [0.4, 0.5) is 5.13 Å². The lowest BCUT2D eigenvalue weighted by atomic mass is 10.2. The van der Waals surface area contributed by atoms with Gasteiger partial charge >= 0.3 is 0 Å². The van der Waals surface area contributed by atoms with Crippen LogP contribution in [-0.2, 0) is 0 Å². The van der Waals surface area contributed by atoms with E-state index in [1.807, 2.05) is 12.1 Å². The molecule has 1 aromatic carbocycles. The topological polar surface area (TPSA) is 37.0 Å². The molecule has 3 rings (SSSR count). The zero-order valence-corrected chi connectivity index (χ0v) is 11.2. The van der Waals surface area contributed by atoms with E-state index < -0.39 is 0 Å². The fraction of sp³-hybridized carbons (Fsp3) is 0.417. The van der Waals surface area contributed by atoms with Crippen LogP contribution in [0.5, 0.6) is 0 Å². The molecule has 0 saturated carbocycles. The van der Waals surface area contributed by atoms with Gasteiger partial charge in [-0.2, -0.15) is 0 Å². The van der Waals surface area contributed by atoms with Gasteiger partial charge in [0.1, 0.15) is 0 Å². The third-order valence-corrected chi connectivity index (χ3v) is 4.53. The first-order valence-corrected chi connectivity index (χ1v) is 6.96. The molecule has 2 aromatic rings. The Morgan fingerprint density at radius 3 is 3.12 bits per heavy atom. The molecule has 1 aromatic heterocycles. The molecular formula is C12H14ClN3S. The predicted octanol–water partition coefficient (Wildman–Crippen LogP) is 3.03. The molecule has 1 aliphatic rings.